The second-order valence-corrected chi connectivity index (χ2v) is 8.98. The Balaban J connectivity index is 1.33. The number of halogens is 3. The maximum absolute atomic E-state index is 14.0. The van der Waals surface area contributed by atoms with Crippen LogP contribution >= 0.6 is 11.6 Å². The van der Waals surface area contributed by atoms with E-state index in [1.807, 2.05) is 0 Å². The second-order valence-electron chi connectivity index (χ2n) is 8.60. The van der Waals surface area contributed by atoms with Gasteiger partial charge in [-0.15, -0.1) is 0 Å². The Hall–Kier alpha value is -3.30. The number of nitrogens with zero attached hydrogens (tertiary/aromatic N) is 3. The van der Waals surface area contributed by atoms with E-state index in [1.165, 1.54) is 19.0 Å². The molecule has 7 nitrogen and oxygen atoms in total. The fraction of sp³-hybridized carbons (Fsp3) is 0.346. The van der Waals surface area contributed by atoms with Gasteiger partial charge in [0.25, 0.3) is 11.8 Å². The quantitative estimate of drug-likeness (QED) is 0.305. The molecule has 1 fully saturated rings. The van der Waals surface area contributed by atoms with E-state index in [9.17, 15) is 13.6 Å². The Labute approximate surface area is 213 Å². The smallest absolute Gasteiger partial charge is 0.257 e. The van der Waals surface area contributed by atoms with Crippen molar-refractivity contribution in [3.8, 4) is 17.1 Å². The Morgan fingerprint density at radius 2 is 1.83 bits per heavy atom. The number of carbonyl (C=O) groups is 1. The minimum atomic E-state index is -0.700. The molecule has 3 N–H and O–H groups in total. The molecular formula is C26H28ClF2N5O2. The summed E-state index contributed by atoms with van der Waals surface area (Å²) in [7, 11) is 0. The number of carbonyl (C=O) groups excluding carboxylic acids is 1. The molecule has 190 valence electrons. The van der Waals surface area contributed by atoms with Crippen LogP contribution in [0.3, 0.4) is 0 Å². The first-order valence-corrected chi connectivity index (χ1v) is 12.3. The van der Waals surface area contributed by atoms with Crippen molar-refractivity contribution in [3.63, 3.8) is 0 Å². The number of hydrogen-bond acceptors (Lipinski definition) is 6. The predicted octanol–water partition coefficient (Wildman–Crippen LogP) is 4.49. The van der Waals surface area contributed by atoms with E-state index in [4.69, 9.17) is 22.1 Å². The summed E-state index contributed by atoms with van der Waals surface area (Å²) >= 11 is 5.86. The SMILES string of the molecule is Nc1ncc(-c2ccc(C(=O)NCCCN3CCCC3)cc2)nc1OCCc1c(F)ccc(F)c1Cl. The number of amides is 1. The van der Waals surface area contributed by atoms with Gasteiger partial charge in [-0.2, -0.15) is 0 Å². The molecule has 36 heavy (non-hydrogen) atoms. The van der Waals surface area contributed by atoms with Crippen LogP contribution in [0.15, 0.2) is 42.6 Å². The van der Waals surface area contributed by atoms with Crippen LogP contribution in [0.25, 0.3) is 11.3 Å². The summed E-state index contributed by atoms with van der Waals surface area (Å²) in [6.45, 7) is 3.90. The summed E-state index contributed by atoms with van der Waals surface area (Å²) in [5.74, 6) is -1.31. The highest BCUT2D eigenvalue weighted by Crippen LogP contribution is 2.26. The molecule has 1 aliphatic heterocycles. The zero-order chi connectivity index (χ0) is 25.5. The molecular weight excluding hydrogens is 488 g/mol. The summed E-state index contributed by atoms with van der Waals surface area (Å²) < 4.78 is 33.2. The molecule has 3 aromatic rings. The van der Waals surface area contributed by atoms with E-state index in [1.54, 1.807) is 24.3 Å². The molecule has 0 saturated carbocycles. The number of nitrogens with two attached hydrogens (primary N) is 1. The standard InChI is InChI=1S/C26H28ClF2N5O2/c27-23-19(20(28)8-9-21(23)29)10-15-36-26-24(30)32-16-22(33-26)17-4-6-18(7-5-17)25(35)31-11-3-14-34-12-1-2-13-34/h4-9,16H,1-3,10-15H2,(H2,30,32)(H,31,35). The van der Waals surface area contributed by atoms with Gasteiger partial charge in [0.2, 0.25) is 0 Å². The first-order chi connectivity index (χ1) is 17.4. The molecule has 0 unspecified atom stereocenters. The second kappa shape index (κ2) is 12.1. The first-order valence-electron chi connectivity index (χ1n) is 11.9. The van der Waals surface area contributed by atoms with Crippen LogP contribution in [0.2, 0.25) is 5.02 Å². The molecule has 0 aliphatic carbocycles. The molecule has 1 amide bonds. The van der Waals surface area contributed by atoms with Gasteiger partial charge >= 0.3 is 0 Å². The molecule has 1 aliphatic rings. The van der Waals surface area contributed by atoms with Crippen LogP contribution in [0.1, 0.15) is 35.2 Å². The topological polar surface area (TPSA) is 93.4 Å². The molecule has 0 atom stereocenters. The van der Waals surface area contributed by atoms with Crippen LogP contribution in [0.4, 0.5) is 14.6 Å². The van der Waals surface area contributed by atoms with Crippen molar-refractivity contribution < 1.29 is 18.3 Å². The van der Waals surface area contributed by atoms with Crippen molar-refractivity contribution in [1.29, 1.82) is 0 Å². The van der Waals surface area contributed by atoms with Crippen molar-refractivity contribution >= 4 is 23.3 Å². The number of benzene rings is 2. The number of likely N-dealkylation sites (tertiary alicyclic amines) is 1. The molecule has 0 radical (unpaired) electrons. The number of anilines is 1. The van der Waals surface area contributed by atoms with Crippen LogP contribution < -0.4 is 15.8 Å². The van der Waals surface area contributed by atoms with Crippen LogP contribution in [0.5, 0.6) is 5.88 Å². The van der Waals surface area contributed by atoms with Crippen molar-refractivity contribution in [1.82, 2.24) is 20.2 Å². The summed E-state index contributed by atoms with van der Waals surface area (Å²) in [6.07, 6.45) is 4.96. The number of aromatic nitrogens is 2. The van der Waals surface area contributed by atoms with Crippen molar-refractivity contribution in [3.05, 3.63) is 70.4 Å². The number of hydrogen-bond donors (Lipinski definition) is 2. The zero-order valence-electron chi connectivity index (χ0n) is 19.8. The third-order valence-electron chi connectivity index (χ3n) is 6.08. The summed E-state index contributed by atoms with van der Waals surface area (Å²) in [5, 5.41) is 2.68. The van der Waals surface area contributed by atoms with Crippen molar-refractivity contribution in [2.75, 3.05) is 38.5 Å². The van der Waals surface area contributed by atoms with Gasteiger partial charge in [0.15, 0.2) is 5.82 Å². The normalized spacial score (nSPS) is 13.6. The molecule has 0 spiro atoms. The molecule has 2 heterocycles. The van der Waals surface area contributed by atoms with Gasteiger partial charge < -0.3 is 20.7 Å². The van der Waals surface area contributed by atoms with Crippen molar-refractivity contribution in [2.24, 2.45) is 0 Å². The lowest BCUT2D eigenvalue weighted by Gasteiger charge is -2.14. The van der Waals surface area contributed by atoms with Gasteiger partial charge in [-0.05, 0) is 63.2 Å². The molecule has 1 aromatic heterocycles. The number of rotatable bonds is 10. The van der Waals surface area contributed by atoms with E-state index >= 15 is 0 Å². The Morgan fingerprint density at radius 3 is 2.58 bits per heavy atom. The fourth-order valence-corrected chi connectivity index (χ4v) is 4.33. The largest absolute Gasteiger partial charge is 0.475 e. The number of ether oxygens (including phenoxy) is 1. The molecule has 1 saturated heterocycles. The average molecular weight is 516 g/mol. The maximum atomic E-state index is 14.0. The molecule has 10 heteroatoms. The fourth-order valence-electron chi connectivity index (χ4n) is 4.08. The summed E-state index contributed by atoms with van der Waals surface area (Å²) in [5.41, 5.74) is 7.66. The zero-order valence-corrected chi connectivity index (χ0v) is 20.5. The number of nitrogen functional groups attached to an aromatic ring is 1. The van der Waals surface area contributed by atoms with Gasteiger partial charge in [-0.1, -0.05) is 23.7 Å². The predicted molar refractivity (Wildman–Crippen MR) is 135 cm³/mol. The Kier molecular flexibility index (Phi) is 8.66. The van der Waals surface area contributed by atoms with E-state index < -0.39 is 11.6 Å². The molecule has 2 aromatic carbocycles. The number of nitrogens with one attached hydrogen (secondary N) is 1. The van der Waals surface area contributed by atoms with Crippen LogP contribution in [-0.2, 0) is 6.42 Å². The summed E-state index contributed by atoms with van der Waals surface area (Å²) in [4.78, 5) is 23.4. The third kappa shape index (κ3) is 6.47. The first kappa shape index (κ1) is 25.8. The minimum Gasteiger partial charge on any atom is -0.475 e. The molecule has 4 rings (SSSR count). The average Bonchev–Trinajstić information content (AvgIpc) is 3.41. The maximum Gasteiger partial charge on any atom is 0.257 e. The van der Waals surface area contributed by atoms with Gasteiger partial charge in [0.05, 0.1) is 23.5 Å². The van der Waals surface area contributed by atoms with Gasteiger partial charge in [-0.3, -0.25) is 4.79 Å². The third-order valence-corrected chi connectivity index (χ3v) is 6.48. The van der Waals surface area contributed by atoms with E-state index in [0.717, 1.165) is 43.8 Å². The van der Waals surface area contributed by atoms with Crippen molar-refractivity contribution in [2.45, 2.75) is 25.7 Å². The lowest BCUT2D eigenvalue weighted by molar-refractivity contribution is 0.0952. The highest BCUT2D eigenvalue weighted by Gasteiger charge is 2.14. The highest BCUT2D eigenvalue weighted by atomic mass is 35.5. The van der Waals surface area contributed by atoms with E-state index in [2.05, 4.69) is 20.2 Å². The van der Waals surface area contributed by atoms with Gasteiger partial charge in [0, 0.05) is 29.7 Å². The van der Waals surface area contributed by atoms with Gasteiger partial charge in [-0.25, -0.2) is 18.7 Å². The minimum absolute atomic E-state index is 0.0178. The monoisotopic (exact) mass is 515 g/mol. The van der Waals surface area contributed by atoms with Crippen LogP contribution in [0, 0.1) is 11.6 Å². The van der Waals surface area contributed by atoms with E-state index in [0.29, 0.717) is 17.8 Å². The summed E-state index contributed by atoms with van der Waals surface area (Å²) in [6, 6.07) is 8.97. The molecule has 0 bridgehead atoms. The Morgan fingerprint density at radius 1 is 1.11 bits per heavy atom. The highest BCUT2D eigenvalue weighted by molar-refractivity contribution is 6.31. The van der Waals surface area contributed by atoms with E-state index in [-0.39, 0.29) is 41.2 Å². The lowest BCUT2D eigenvalue weighted by atomic mass is 10.1. The lowest BCUT2D eigenvalue weighted by Crippen LogP contribution is -2.28. The van der Waals surface area contributed by atoms with Gasteiger partial charge in [0.1, 0.15) is 11.6 Å². The van der Waals surface area contributed by atoms with Crippen LogP contribution in [-0.4, -0.2) is 53.6 Å². The Bertz CT molecular complexity index is 1200.